The fourth-order valence-corrected chi connectivity index (χ4v) is 8.61. The van der Waals surface area contributed by atoms with Gasteiger partial charge in [0.05, 0.1) is 19.5 Å². The second-order valence-electron chi connectivity index (χ2n) is 9.63. The molecule has 12 heteroatoms. The van der Waals surface area contributed by atoms with Crippen LogP contribution in [0.15, 0.2) is 44.8 Å². The van der Waals surface area contributed by atoms with Crippen molar-refractivity contribution >= 4 is 102 Å². The quantitative estimate of drug-likeness (QED) is 0.161. The molecule has 4 heterocycles. The minimum Gasteiger partial charge on any atom is -0.506 e. The summed E-state index contributed by atoms with van der Waals surface area (Å²) in [6.45, 7) is 3.99. The van der Waals surface area contributed by atoms with Crippen LogP contribution in [0.4, 0.5) is 17.6 Å². The van der Waals surface area contributed by atoms with Gasteiger partial charge in [-0.25, -0.2) is 4.98 Å². The Hall–Kier alpha value is -1.78. The van der Waals surface area contributed by atoms with E-state index in [1.165, 1.54) is 50.3 Å². The molecule has 0 unspecified atom stereocenters. The third-order valence-corrected chi connectivity index (χ3v) is 10.2. The Kier molecular flexibility index (Phi) is 8.70. The highest BCUT2D eigenvalue weighted by Gasteiger charge is 2.21. The van der Waals surface area contributed by atoms with Gasteiger partial charge in [0.15, 0.2) is 4.34 Å². The van der Waals surface area contributed by atoms with E-state index in [9.17, 15) is 5.11 Å². The van der Waals surface area contributed by atoms with Gasteiger partial charge in [-0.3, -0.25) is 4.99 Å². The maximum Gasteiger partial charge on any atom is 0.231 e. The fraction of sp³-hybridized carbons (Fsp3) is 0.370. The summed E-state index contributed by atoms with van der Waals surface area (Å²) < 4.78 is 3.82. The maximum absolute atomic E-state index is 10.4. The Morgan fingerprint density at radius 3 is 2.18 bits per heavy atom. The predicted octanol–water partition coefficient (Wildman–Crippen LogP) is 7.28. The average Bonchev–Trinajstić information content (AvgIpc) is 3.36. The molecule has 0 atom stereocenters. The number of hydrogen-bond donors (Lipinski definition) is 1. The van der Waals surface area contributed by atoms with E-state index in [2.05, 4.69) is 60.0 Å². The fourth-order valence-electron chi connectivity index (χ4n) is 4.77. The number of nitrogens with zero attached hydrogens (tertiary/aromatic N) is 7. The van der Waals surface area contributed by atoms with Gasteiger partial charge in [0.1, 0.15) is 5.75 Å². The molecule has 0 bridgehead atoms. The molecule has 4 aromatic rings. The summed E-state index contributed by atoms with van der Waals surface area (Å²) in [5.74, 6) is 1.83. The van der Waals surface area contributed by atoms with Gasteiger partial charge in [-0.05, 0) is 126 Å². The van der Waals surface area contributed by atoms with Crippen molar-refractivity contribution in [1.82, 2.24) is 19.9 Å². The molecule has 0 amide bonds. The van der Waals surface area contributed by atoms with E-state index in [1.54, 1.807) is 17.6 Å². The summed E-state index contributed by atoms with van der Waals surface area (Å²) in [4.78, 5) is 28.7. The van der Waals surface area contributed by atoms with Crippen molar-refractivity contribution in [3.05, 3.63) is 43.0 Å². The summed E-state index contributed by atoms with van der Waals surface area (Å²) in [5, 5.41) is 11.1. The second kappa shape index (κ2) is 12.4. The molecule has 6 rings (SSSR count). The first-order valence-electron chi connectivity index (χ1n) is 13.1. The number of fused-ring (bicyclic) bond motifs is 1. The SMILES string of the molecule is Oc1c(I)cc(I)cc1C=Nc1ccc2nc(Sc3nc(N4CCCCC4)nc(N4CCCCC4)n3)sc2c1. The molecule has 0 saturated carbocycles. The van der Waals surface area contributed by atoms with E-state index in [1.807, 2.05) is 30.3 Å². The number of halogens is 2. The zero-order valence-corrected chi connectivity index (χ0v) is 27.1. The number of aliphatic imine (C=N–C) groups is 1. The summed E-state index contributed by atoms with van der Waals surface area (Å²) in [7, 11) is 0. The summed E-state index contributed by atoms with van der Waals surface area (Å²) >= 11 is 7.51. The van der Waals surface area contributed by atoms with E-state index in [-0.39, 0.29) is 5.75 Å². The first kappa shape index (κ1) is 27.4. The molecule has 2 aromatic carbocycles. The van der Waals surface area contributed by atoms with Crippen molar-refractivity contribution in [1.29, 1.82) is 0 Å². The third kappa shape index (κ3) is 6.59. The lowest BCUT2D eigenvalue weighted by Crippen LogP contribution is -2.34. The second-order valence-corrected chi connectivity index (χ2v) is 14.3. The molecule has 2 aliphatic heterocycles. The first-order chi connectivity index (χ1) is 19.0. The monoisotopic (exact) mass is 783 g/mol. The van der Waals surface area contributed by atoms with Gasteiger partial charge < -0.3 is 14.9 Å². The van der Waals surface area contributed by atoms with E-state index in [0.717, 1.165) is 65.5 Å². The van der Waals surface area contributed by atoms with Gasteiger partial charge in [-0.15, -0.1) is 11.3 Å². The molecule has 2 saturated heterocycles. The van der Waals surface area contributed by atoms with Gasteiger partial charge >= 0.3 is 0 Å². The molecular weight excluding hydrogens is 756 g/mol. The van der Waals surface area contributed by atoms with Crippen molar-refractivity contribution in [2.45, 2.75) is 48.0 Å². The van der Waals surface area contributed by atoms with Crippen molar-refractivity contribution in [2.24, 2.45) is 4.99 Å². The lowest BCUT2D eigenvalue weighted by Gasteiger charge is -2.30. The number of rotatable bonds is 6. The Balaban J connectivity index is 1.26. The normalized spacial score (nSPS) is 16.5. The van der Waals surface area contributed by atoms with Gasteiger partial charge in [0.25, 0.3) is 0 Å². The van der Waals surface area contributed by atoms with E-state index >= 15 is 0 Å². The van der Waals surface area contributed by atoms with Crippen molar-refractivity contribution in [3.63, 3.8) is 0 Å². The summed E-state index contributed by atoms with van der Waals surface area (Å²) in [6.07, 6.45) is 8.97. The topological polar surface area (TPSA) is 90.6 Å². The predicted molar refractivity (Wildman–Crippen MR) is 176 cm³/mol. The van der Waals surface area contributed by atoms with Gasteiger partial charge in [-0.2, -0.15) is 15.0 Å². The van der Waals surface area contributed by atoms with Crippen LogP contribution in [-0.4, -0.2) is 57.4 Å². The molecule has 2 aromatic heterocycles. The summed E-state index contributed by atoms with van der Waals surface area (Å²) in [6, 6.07) is 9.84. The molecule has 0 spiro atoms. The zero-order chi connectivity index (χ0) is 26.8. The minimum absolute atomic E-state index is 0.252. The number of aromatic hydroxyl groups is 1. The lowest BCUT2D eigenvalue weighted by atomic mass is 10.1. The highest BCUT2D eigenvalue weighted by atomic mass is 127. The Morgan fingerprint density at radius 2 is 1.51 bits per heavy atom. The molecule has 1 N–H and O–H groups in total. The lowest BCUT2D eigenvalue weighted by molar-refractivity contribution is 0.470. The largest absolute Gasteiger partial charge is 0.506 e. The number of thiazole rings is 1. The van der Waals surface area contributed by atoms with Gasteiger partial charge in [-0.1, -0.05) is 0 Å². The highest BCUT2D eigenvalue weighted by Crippen LogP contribution is 2.36. The van der Waals surface area contributed by atoms with Crippen LogP contribution in [0.1, 0.15) is 44.1 Å². The molecule has 39 heavy (non-hydrogen) atoms. The van der Waals surface area contributed by atoms with Gasteiger partial charge in [0.2, 0.25) is 17.1 Å². The molecule has 0 radical (unpaired) electrons. The molecule has 2 aliphatic rings. The third-order valence-electron chi connectivity index (χ3n) is 6.81. The molecule has 2 fully saturated rings. The minimum atomic E-state index is 0.252. The van der Waals surface area contributed by atoms with Crippen LogP contribution in [0, 0.1) is 7.14 Å². The van der Waals surface area contributed by atoms with Gasteiger partial charge in [0, 0.05) is 41.5 Å². The van der Waals surface area contributed by atoms with Crippen LogP contribution in [-0.2, 0) is 0 Å². The molecule has 202 valence electrons. The number of phenolic OH excluding ortho intramolecular Hbond substituents is 1. The van der Waals surface area contributed by atoms with Crippen LogP contribution in [0.25, 0.3) is 10.2 Å². The first-order valence-corrected chi connectivity index (χ1v) is 16.9. The standard InChI is InChI=1S/C27H27I2N7OS2/c28-18-13-17(23(37)20(29)14-18)16-30-19-7-8-21-22(15-19)38-27(31-21)39-26-33-24(35-9-3-1-4-10-35)32-25(34-26)36-11-5-2-6-12-36/h7-8,13-16,37H,1-6,9-12H2. The van der Waals surface area contributed by atoms with Crippen molar-refractivity contribution in [3.8, 4) is 5.75 Å². The number of phenols is 1. The number of benzene rings is 2. The van der Waals surface area contributed by atoms with Crippen LogP contribution in [0.5, 0.6) is 5.75 Å². The van der Waals surface area contributed by atoms with E-state index < -0.39 is 0 Å². The smallest absolute Gasteiger partial charge is 0.231 e. The molecular formula is C27H27I2N7OS2. The number of anilines is 2. The van der Waals surface area contributed by atoms with Crippen LogP contribution < -0.4 is 9.80 Å². The molecule has 8 nitrogen and oxygen atoms in total. The molecule has 0 aliphatic carbocycles. The van der Waals surface area contributed by atoms with Crippen LogP contribution >= 0.6 is 68.3 Å². The highest BCUT2D eigenvalue weighted by molar-refractivity contribution is 14.1. The van der Waals surface area contributed by atoms with Crippen LogP contribution in [0.3, 0.4) is 0 Å². The Morgan fingerprint density at radius 1 is 0.846 bits per heavy atom. The van der Waals surface area contributed by atoms with Crippen molar-refractivity contribution in [2.75, 3.05) is 36.0 Å². The number of aromatic nitrogens is 4. The van der Waals surface area contributed by atoms with Crippen molar-refractivity contribution < 1.29 is 5.11 Å². The maximum atomic E-state index is 10.4. The Labute approximate surface area is 263 Å². The Bertz CT molecular complexity index is 1480. The summed E-state index contributed by atoms with van der Waals surface area (Å²) in [5.41, 5.74) is 2.45. The average molecular weight is 784 g/mol. The number of hydrogen-bond acceptors (Lipinski definition) is 10. The van der Waals surface area contributed by atoms with Crippen LogP contribution in [0.2, 0.25) is 0 Å². The zero-order valence-electron chi connectivity index (χ0n) is 21.2. The van der Waals surface area contributed by atoms with E-state index in [0.29, 0.717) is 10.7 Å². The number of piperidine rings is 2. The van der Waals surface area contributed by atoms with E-state index in [4.69, 9.17) is 19.9 Å².